The summed E-state index contributed by atoms with van der Waals surface area (Å²) in [6.07, 6.45) is 7.51. The molecule has 0 bridgehead atoms. The van der Waals surface area contributed by atoms with Crippen LogP contribution in [0.1, 0.15) is 65.7 Å². The first kappa shape index (κ1) is 13.9. The molecule has 2 heteroatoms. The summed E-state index contributed by atoms with van der Waals surface area (Å²) in [7, 11) is 0. The quantitative estimate of drug-likeness (QED) is 0.793. The van der Waals surface area contributed by atoms with Gasteiger partial charge in [0.15, 0.2) is 0 Å². The van der Waals surface area contributed by atoms with Crippen LogP contribution in [0.25, 0.3) is 0 Å². The number of hydrogen-bond acceptors (Lipinski definition) is 1. The van der Waals surface area contributed by atoms with Gasteiger partial charge in [0.1, 0.15) is 0 Å². The van der Waals surface area contributed by atoms with Crippen molar-refractivity contribution in [3.8, 4) is 0 Å². The van der Waals surface area contributed by atoms with Crippen LogP contribution in [0.15, 0.2) is 0 Å². The fourth-order valence-corrected chi connectivity index (χ4v) is 4.12. The summed E-state index contributed by atoms with van der Waals surface area (Å²) in [6, 6.07) is 0. The maximum Gasteiger partial charge on any atom is 0.309 e. The molecule has 3 atom stereocenters. The molecule has 0 aromatic heterocycles. The van der Waals surface area contributed by atoms with Crippen molar-refractivity contribution >= 4 is 5.97 Å². The van der Waals surface area contributed by atoms with Gasteiger partial charge in [0.05, 0.1) is 5.41 Å². The normalized spacial score (nSPS) is 45.7. The highest BCUT2D eigenvalue weighted by molar-refractivity contribution is 5.75. The van der Waals surface area contributed by atoms with Gasteiger partial charge in [-0.2, -0.15) is 0 Å². The first-order valence-corrected chi connectivity index (χ1v) is 7.69. The molecule has 2 aliphatic carbocycles. The van der Waals surface area contributed by atoms with Crippen molar-refractivity contribution in [1.29, 1.82) is 0 Å². The molecule has 0 aromatic rings. The molecule has 2 fully saturated rings. The van der Waals surface area contributed by atoms with E-state index in [2.05, 4.69) is 20.8 Å². The highest BCUT2D eigenvalue weighted by atomic mass is 16.4. The van der Waals surface area contributed by atoms with Gasteiger partial charge in [-0.25, -0.2) is 0 Å². The van der Waals surface area contributed by atoms with Gasteiger partial charge in [0, 0.05) is 0 Å². The molecule has 104 valence electrons. The molecule has 0 aromatic carbocycles. The minimum Gasteiger partial charge on any atom is -0.481 e. The summed E-state index contributed by atoms with van der Waals surface area (Å²) in [6.45, 7) is 6.88. The van der Waals surface area contributed by atoms with Gasteiger partial charge in [0.2, 0.25) is 0 Å². The minimum absolute atomic E-state index is 0.388. The van der Waals surface area contributed by atoms with Gasteiger partial charge in [-0.15, -0.1) is 0 Å². The zero-order valence-corrected chi connectivity index (χ0v) is 12.1. The van der Waals surface area contributed by atoms with E-state index in [0.717, 1.165) is 50.4 Å². The number of rotatable bonds is 2. The highest BCUT2D eigenvalue weighted by Crippen LogP contribution is 2.51. The third-order valence-electron chi connectivity index (χ3n) is 5.97. The van der Waals surface area contributed by atoms with Crippen LogP contribution in [0, 0.1) is 29.1 Å². The molecule has 18 heavy (non-hydrogen) atoms. The number of carboxylic acid groups (broad SMARTS) is 1. The summed E-state index contributed by atoms with van der Waals surface area (Å²) in [5.74, 6) is 2.10. The molecule has 1 N–H and O–H groups in total. The molecule has 0 spiro atoms. The van der Waals surface area contributed by atoms with Crippen LogP contribution in [0.2, 0.25) is 0 Å². The third-order valence-corrected chi connectivity index (χ3v) is 5.97. The number of hydrogen-bond donors (Lipinski definition) is 1. The Balaban J connectivity index is 2.13. The SMILES string of the molecule is CC1CCC(C(=O)O)(C2CCC(C)C(C)C2)CC1. The van der Waals surface area contributed by atoms with Gasteiger partial charge in [-0.3, -0.25) is 4.79 Å². The maximum atomic E-state index is 11.9. The monoisotopic (exact) mass is 252 g/mol. The van der Waals surface area contributed by atoms with E-state index in [1.54, 1.807) is 0 Å². The van der Waals surface area contributed by atoms with E-state index in [0.29, 0.717) is 11.8 Å². The summed E-state index contributed by atoms with van der Waals surface area (Å²) in [4.78, 5) is 11.9. The van der Waals surface area contributed by atoms with Gasteiger partial charge in [0.25, 0.3) is 0 Å². The zero-order chi connectivity index (χ0) is 13.3. The highest BCUT2D eigenvalue weighted by Gasteiger charge is 2.48. The van der Waals surface area contributed by atoms with Crippen molar-refractivity contribution in [2.24, 2.45) is 29.1 Å². The summed E-state index contributed by atoms with van der Waals surface area (Å²) in [5, 5.41) is 9.78. The van der Waals surface area contributed by atoms with E-state index >= 15 is 0 Å². The minimum atomic E-state index is -0.513. The zero-order valence-electron chi connectivity index (χ0n) is 12.1. The fourth-order valence-electron chi connectivity index (χ4n) is 4.12. The van der Waals surface area contributed by atoms with Crippen molar-refractivity contribution in [3.05, 3.63) is 0 Å². The van der Waals surface area contributed by atoms with Crippen molar-refractivity contribution in [2.45, 2.75) is 65.7 Å². The Morgan fingerprint density at radius 1 is 1.00 bits per heavy atom. The Hall–Kier alpha value is -0.530. The number of carboxylic acids is 1. The van der Waals surface area contributed by atoms with Gasteiger partial charge < -0.3 is 5.11 Å². The average Bonchev–Trinajstić information content (AvgIpc) is 2.34. The third kappa shape index (κ3) is 2.44. The van der Waals surface area contributed by atoms with Crippen molar-refractivity contribution in [1.82, 2.24) is 0 Å². The lowest BCUT2D eigenvalue weighted by Gasteiger charge is -2.46. The molecular weight excluding hydrogens is 224 g/mol. The van der Waals surface area contributed by atoms with Gasteiger partial charge >= 0.3 is 5.97 Å². The smallest absolute Gasteiger partial charge is 0.309 e. The Morgan fingerprint density at radius 2 is 1.61 bits per heavy atom. The van der Waals surface area contributed by atoms with Crippen LogP contribution in [0.3, 0.4) is 0 Å². The Morgan fingerprint density at radius 3 is 2.11 bits per heavy atom. The largest absolute Gasteiger partial charge is 0.481 e. The molecule has 2 nitrogen and oxygen atoms in total. The lowest BCUT2D eigenvalue weighted by molar-refractivity contribution is -0.158. The first-order chi connectivity index (χ1) is 8.45. The maximum absolute atomic E-state index is 11.9. The van der Waals surface area contributed by atoms with E-state index in [4.69, 9.17) is 0 Å². The molecule has 0 amide bonds. The van der Waals surface area contributed by atoms with Gasteiger partial charge in [-0.1, -0.05) is 27.2 Å². The molecule has 0 heterocycles. The van der Waals surface area contributed by atoms with E-state index < -0.39 is 5.97 Å². The second-order valence-electron chi connectivity index (χ2n) is 7.11. The van der Waals surface area contributed by atoms with Crippen LogP contribution >= 0.6 is 0 Å². The van der Waals surface area contributed by atoms with Crippen molar-refractivity contribution in [3.63, 3.8) is 0 Å². The van der Waals surface area contributed by atoms with E-state index in [-0.39, 0.29) is 5.41 Å². The van der Waals surface area contributed by atoms with Crippen molar-refractivity contribution < 1.29 is 9.90 Å². The van der Waals surface area contributed by atoms with Crippen LogP contribution in [0.5, 0.6) is 0 Å². The second-order valence-corrected chi connectivity index (χ2v) is 7.11. The summed E-state index contributed by atoms with van der Waals surface area (Å²) >= 11 is 0. The molecular formula is C16H28O2. The summed E-state index contributed by atoms with van der Waals surface area (Å²) in [5.41, 5.74) is -0.388. The topological polar surface area (TPSA) is 37.3 Å². The molecule has 0 saturated heterocycles. The lowest BCUT2D eigenvalue weighted by atomic mass is 9.58. The fraction of sp³-hybridized carbons (Fsp3) is 0.938. The second kappa shape index (κ2) is 5.22. The Labute approximate surface area is 111 Å². The predicted octanol–water partition coefficient (Wildman–Crippen LogP) is 4.34. The molecule has 2 saturated carbocycles. The number of carbonyl (C=O) groups is 1. The van der Waals surface area contributed by atoms with Crippen LogP contribution < -0.4 is 0 Å². The lowest BCUT2D eigenvalue weighted by Crippen LogP contribution is -2.44. The molecule has 0 aliphatic heterocycles. The molecule has 0 radical (unpaired) electrons. The molecule has 2 rings (SSSR count). The number of aliphatic carboxylic acids is 1. The summed E-state index contributed by atoms with van der Waals surface area (Å²) < 4.78 is 0. The standard InChI is InChI=1S/C16H28O2/c1-11-6-8-16(9-7-11,15(17)18)14-5-4-12(2)13(3)10-14/h11-14H,4-10H2,1-3H3,(H,17,18). The first-order valence-electron chi connectivity index (χ1n) is 7.69. The van der Waals surface area contributed by atoms with E-state index in [1.165, 1.54) is 6.42 Å². The Bertz CT molecular complexity index is 302. The molecule has 2 aliphatic rings. The van der Waals surface area contributed by atoms with Crippen LogP contribution in [-0.4, -0.2) is 11.1 Å². The van der Waals surface area contributed by atoms with E-state index in [9.17, 15) is 9.90 Å². The molecule has 3 unspecified atom stereocenters. The van der Waals surface area contributed by atoms with Crippen LogP contribution in [-0.2, 0) is 4.79 Å². The van der Waals surface area contributed by atoms with E-state index in [1.807, 2.05) is 0 Å². The predicted molar refractivity (Wildman–Crippen MR) is 73.4 cm³/mol. The average molecular weight is 252 g/mol. The van der Waals surface area contributed by atoms with Crippen LogP contribution in [0.4, 0.5) is 0 Å². The van der Waals surface area contributed by atoms with Crippen molar-refractivity contribution in [2.75, 3.05) is 0 Å². The van der Waals surface area contributed by atoms with Gasteiger partial charge in [-0.05, 0) is 62.2 Å². The Kier molecular flexibility index (Phi) is 4.03.